The molecule has 4 N–H and O–H groups in total. The number of carbonyl (C=O) groups excluding carboxylic acids is 1. The number of para-hydroxylation sites is 1. The van der Waals surface area contributed by atoms with Crippen LogP contribution in [0.25, 0.3) is 10.9 Å². The Kier molecular flexibility index (Phi) is 2.83. The van der Waals surface area contributed by atoms with Gasteiger partial charge in [-0.2, -0.15) is 5.10 Å². The molecule has 6 heteroatoms. The lowest BCUT2D eigenvalue weighted by atomic mass is 10.1. The quantitative estimate of drug-likeness (QED) is 0.743. The van der Waals surface area contributed by atoms with Crippen LogP contribution in [0.15, 0.2) is 42.7 Å². The van der Waals surface area contributed by atoms with E-state index >= 15 is 0 Å². The van der Waals surface area contributed by atoms with E-state index in [1.54, 1.807) is 17.1 Å². The van der Waals surface area contributed by atoms with Crippen molar-refractivity contribution in [3.05, 3.63) is 54.0 Å². The van der Waals surface area contributed by atoms with Crippen LogP contribution in [0.4, 0.5) is 5.69 Å². The van der Waals surface area contributed by atoms with E-state index < -0.39 is 5.91 Å². The molecular weight excluding hydrogens is 254 g/mol. The number of anilines is 1. The van der Waals surface area contributed by atoms with Crippen molar-refractivity contribution in [2.75, 3.05) is 5.73 Å². The summed E-state index contributed by atoms with van der Waals surface area (Å²) in [7, 11) is 0. The van der Waals surface area contributed by atoms with Crippen molar-refractivity contribution >= 4 is 22.5 Å². The van der Waals surface area contributed by atoms with Gasteiger partial charge in [-0.25, -0.2) is 0 Å². The standard InChI is InChI=1S/C14H13N5O/c15-11-8-19(18-13(11)14(16)20)7-10-4-1-3-9-5-2-6-17-12(9)10/h1-6,8H,7,15H2,(H2,16,20). The molecule has 0 bridgehead atoms. The first kappa shape index (κ1) is 12.2. The van der Waals surface area contributed by atoms with Crippen LogP contribution in [0.1, 0.15) is 16.1 Å². The van der Waals surface area contributed by atoms with Gasteiger partial charge in [0.2, 0.25) is 0 Å². The highest BCUT2D eigenvalue weighted by atomic mass is 16.1. The Labute approximate surface area is 115 Å². The molecular formula is C14H13N5O. The molecule has 0 saturated heterocycles. The van der Waals surface area contributed by atoms with Gasteiger partial charge in [0.15, 0.2) is 5.69 Å². The van der Waals surface area contributed by atoms with Gasteiger partial charge >= 0.3 is 0 Å². The Morgan fingerprint density at radius 2 is 2.05 bits per heavy atom. The van der Waals surface area contributed by atoms with Gasteiger partial charge in [-0.05, 0) is 11.6 Å². The molecule has 0 fully saturated rings. The zero-order valence-electron chi connectivity index (χ0n) is 10.7. The molecule has 0 unspecified atom stereocenters. The number of fused-ring (bicyclic) bond motifs is 1. The van der Waals surface area contributed by atoms with Crippen molar-refractivity contribution in [2.45, 2.75) is 6.54 Å². The molecule has 3 aromatic rings. The van der Waals surface area contributed by atoms with Gasteiger partial charge in [-0.15, -0.1) is 0 Å². The van der Waals surface area contributed by atoms with Crippen molar-refractivity contribution in [2.24, 2.45) is 5.73 Å². The number of primary amides is 1. The van der Waals surface area contributed by atoms with Gasteiger partial charge < -0.3 is 11.5 Å². The maximum atomic E-state index is 11.2. The molecule has 0 radical (unpaired) electrons. The minimum Gasteiger partial charge on any atom is -0.396 e. The molecule has 0 aliphatic rings. The van der Waals surface area contributed by atoms with Crippen molar-refractivity contribution in [1.29, 1.82) is 0 Å². The molecule has 1 aromatic carbocycles. The molecule has 0 aliphatic carbocycles. The van der Waals surface area contributed by atoms with Gasteiger partial charge in [-0.3, -0.25) is 14.5 Å². The minimum atomic E-state index is -0.628. The van der Waals surface area contributed by atoms with E-state index in [4.69, 9.17) is 11.5 Å². The molecule has 6 nitrogen and oxygen atoms in total. The van der Waals surface area contributed by atoms with Gasteiger partial charge in [0.1, 0.15) is 0 Å². The van der Waals surface area contributed by atoms with Crippen LogP contribution < -0.4 is 11.5 Å². The molecule has 20 heavy (non-hydrogen) atoms. The Hall–Kier alpha value is -2.89. The van der Waals surface area contributed by atoms with E-state index in [1.807, 2.05) is 30.3 Å². The predicted molar refractivity (Wildman–Crippen MR) is 76.0 cm³/mol. The average Bonchev–Trinajstić information content (AvgIpc) is 2.80. The molecule has 3 rings (SSSR count). The van der Waals surface area contributed by atoms with Crippen molar-refractivity contribution in [1.82, 2.24) is 14.8 Å². The number of amides is 1. The Balaban J connectivity index is 2.01. The van der Waals surface area contributed by atoms with Gasteiger partial charge in [0, 0.05) is 17.8 Å². The largest absolute Gasteiger partial charge is 0.396 e. The summed E-state index contributed by atoms with van der Waals surface area (Å²) in [6.07, 6.45) is 3.35. The molecule has 0 spiro atoms. The number of rotatable bonds is 3. The van der Waals surface area contributed by atoms with Crippen molar-refractivity contribution in [3.63, 3.8) is 0 Å². The molecule has 0 saturated carbocycles. The van der Waals surface area contributed by atoms with E-state index in [0.29, 0.717) is 6.54 Å². The van der Waals surface area contributed by atoms with Crippen LogP contribution in [0.2, 0.25) is 0 Å². The number of aromatic nitrogens is 3. The maximum Gasteiger partial charge on any atom is 0.271 e. The van der Waals surface area contributed by atoms with E-state index in [-0.39, 0.29) is 11.4 Å². The summed E-state index contributed by atoms with van der Waals surface area (Å²) in [5.74, 6) is -0.628. The second-order valence-electron chi connectivity index (χ2n) is 4.49. The highest BCUT2D eigenvalue weighted by Crippen LogP contribution is 2.18. The Morgan fingerprint density at radius 3 is 2.80 bits per heavy atom. The molecule has 1 amide bonds. The third-order valence-corrected chi connectivity index (χ3v) is 3.07. The van der Waals surface area contributed by atoms with Gasteiger partial charge in [-0.1, -0.05) is 24.3 Å². The third kappa shape index (κ3) is 2.07. The third-order valence-electron chi connectivity index (χ3n) is 3.07. The lowest BCUT2D eigenvalue weighted by Crippen LogP contribution is -2.14. The molecule has 0 aliphatic heterocycles. The Bertz CT molecular complexity index is 788. The topological polar surface area (TPSA) is 99.8 Å². The number of hydrogen-bond donors (Lipinski definition) is 2. The van der Waals surface area contributed by atoms with Crippen LogP contribution in [0.3, 0.4) is 0 Å². The lowest BCUT2D eigenvalue weighted by molar-refractivity contribution is 0.0995. The van der Waals surface area contributed by atoms with Crippen LogP contribution in [0, 0.1) is 0 Å². The second-order valence-corrected chi connectivity index (χ2v) is 4.49. The van der Waals surface area contributed by atoms with Crippen LogP contribution >= 0.6 is 0 Å². The summed E-state index contributed by atoms with van der Waals surface area (Å²) in [5, 5.41) is 5.16. The number of benzene rings is 1. The second kappa shape index (κ2) is 4.65. The monoisotopic (exact) mass is 267 g/mol. The molecule has 2 aromatic heterocycles. The van der Waals surface area contributed by atoms with E-state index in [0.717, 1.165) is 16.5 Å². The van der Waals surface area contributed by atoms with Gasteiger partial charge in [0.05, 0.1) is 17.7 Å². The highest BCUT2D eigenvalue weighted by molar-refractivity contribution is 5.95. The minimum absolute atomic E-state index is 0.0956. The van der Waals surface area contributed by atoms with E-state index in [1.165, 1.54) is 0 Å². The fraction of sp³-hybridized carbons (Fsp3) is 0.0714. The summed E-state index contributed by atoms with van der Waals surface area (Å²) in [4.78, 5) is 15.5. The average molecular weight is 267 g/mol. The van der Waals surface area contributed by atoms with Crippen molar-refractivity contribution in [3.8, 4) is 0 Å². The van der Waals surface area contributed by atoms with Crippen LogP contribution in [-0.4, -0.2) is 20.7 Å². The number of nitrogens with two attached hydrogens (primary N) is 2. The van der Waals surface area contributed by atoms with Crippen LogP contribution in [0.5, 0.6) is 0 Å². The number of nitrogen functional groups attached to an aromatic ring is 1. The summed E-state index contributed by atoms with van der Waals surface area (Å²) >= 11 is 0. The SMILES string of the molecule is NC(=O)c1nn(Cc2cccc3cccnc23)cc1N. The smallest absolute Gasteiger partial charge is 0.271 e. The van der Waals surface area contributed by atoms with Crippen molar-refractivity contribution < 1.29 is 4.79 Å². The predicted octanol–water partition coefficient (Wildman–Crippen LogP) is 1.16. The normalized spacial score (nSPS) is 10.8. The lowest BCUT2D eigenvalue weighted by Gasteiger charge is -2.05. The summed E-state index contributed by atoms with van der Waals surface area (Å²) < 4.78 is 1.60. The first-order valence-electron chi connectivity index (χ1n) is 6.10. The highest BCUT2D eigenvalue weighted by Gasteiger charge is 2.12. The van der Waals surface area contributed by atoms with E-state index in [9.17, 15) is 4.79 Å². The number of hydrogen-bond acceptors (Lipinski definition) is 4. The summed E-state index contributed by atoms with van der Waals surface area (Å²) in [5.41, 5.74) is 13.2. The van der Waals surface area contributed by atoms with E-state index in [2.05, 4.69) is 10.1 Å². The molecule has 100 valence electrons. The zero-order chi connectivity index (χ0) is 14.1. The first-order chi connectivity index (χ1) is 9.65. The number of pyridine rings is 1. The zero-order valence-corrected chi connectivity index (χ0v) is 10.7. The Morgan fingerprint density at radius 1 is 1.25 bits per heavy atom. The fourth-order valence-electron chi connectivity index (χ4n) is 2.18. The fourth-order valence-corrected chi connectivity index (χ4v) is 2.18. The first-order valence-corrected chi connectivity index (χ1v) is 6.10. The maximum absolute atomic E-state index is 11.2. The van der Waals surface area contributed by atoms with Crippen LogP contribution in [-0.2, 0) is 6.54 Å². The summed E-state index contributed by atoms with van der Waals surface area (Å²) in [6, 6.07) is 9.82. The summed E-state index contributed by atoms with van der Waals surface area (Å²) in [6.45, 7) is 0.478. The number of nitrogens with zero attached hydrogens (tertiary/aromatic N) is 3. The van der Waals surface area contributed by atoms with Gasteiger partial charge in [0.25, 0.3) is 5.91 Å². The molecule has 2 heterocycles. The molecule has 0 atom stereocenters. The number of carbonyl (C=O) groups is 1.